The Hall–Kier alpha value is -2.58. The smallest absolute Gasteiger partial charge is 0.262 e. The molecule has 0 atom stereocenters. The minimum atomic E-state index is -3.80. The molecule has 8 heteroatoms. The van der Waals surface area contributed by atoms with Crippen molar-refractivity contribution in [2.24, 2.45) is 0 Å². The Morgan fingerprint density at radius 3 is 2.53 bits per heavy atom. The van der Waals surface area contributed by atoms with E-state index in [0.29, 0.717) is 42.6 Å². The van der Waals surface area contributed by atoms with Crippen molar-refractivity contribution in [1.29, 1.82) is 0 Å². The third-order valence-corrected chi connectivity index (χ3v) is 8.66. The fraction of sp³-hybridized carbons (Fsp3) is 0.273. The van der Waals surface area contributed by atoms with Gasteiger partial charge in [0.15, 0.2) is 0 Å². The molecule has 0 bridgehead atoms. The van der Waals surface area contributed by atoms with E-state index >= 15 is 0 Å². The van der Waals surface area contributed by atoms with Gasteiger partial charge in [-0.15, -0.1) is 0 Å². The molecular weight excluding hydrogens is 420 g/mol. The Morgan fingerprint density at radius 2 is 1.73 bits per heavy atom. The Balaban J connectivity index is 1.68. The molecule has 6 nitrogen and oxygen atoms in total. The summed E-state index contributed by atoms with van der Waals surface area (Å²) in [5, 5.41) is 1.50. The van der Waals surface area contributed by atoms with Crippen LogP contribution in [-0.4, -0.2) is 29.1 Å². The third kappa shape index (κ3) is 3.89. The van der Waals surface area contributed by atoms with Crippen molar-refractivity contribution in [1.82, 2.24) is 0 Å². The zero-order valence-corrected chi connectivity index (χ0v) is 18.3. The van der Waals surface area contributed by atoms with E-state index in [0.717, 1.165) is 10.9 Å². The molecule has 0 spiro atoms. The van der Waals surface area contributed by atoms with E-state index in [1.807, 2.05) is 31.2 Å². The number of benzene rings is 3. The maximum absolute atomic E-state index is 13.1. The van der Waals surface area contributed by atoms with Crippen LogP contribution in [0.15, 0.2) is 65.6 Å². The van der Waals surface area contributed by atoms with Crippen molar-refractivity contribution < 1.29 is 16.8 Å². The van der Waals surface area contributed by atoms with Crippen molar-refractivity contribution in [2.45, 2.75) is 31.1 Å². The van der Waals surface area contributed by atoms with Gasteiger partial charge in [-0.25, -0.2) is 16.8 Å². The SMILES string of the molecule is CCCS(=O)(=O)N1CCCc2cc(NS(=O)(=O)c3cccc4ccccc34)ccc21. The number of sulfonamides is 2. The quantitative estimate of drug-likeness (QED) is 0.620. The summed E-state index contributed by atoms with van der Waals surface area (Å²) in [5.41, 5.74) is 1.90. The molecule has 1 N–H and O–H groups in total. The molecule has 0 aromatic heterocycles. The van der Waals surface area contributed by atoms with E-state index in [-0.39, 0.29) is 10.6 Å². The molecule has 0 aliphatic carbocycles. The van der Waals surface area contributed by atoms with Crippen molar-refractivity contribution >= 4 is 42.2 Å². The Kier molecular flexibility index (Phi) is 5.46. The monoisotopic (exact) mass is 444 g/mol. The summed E-state index contributed by atoms with van der Waals surface area (Å²) >= 11 is 0. The van der Waals surface area contributed by atoms with Gasteiger partial charge < -0.3 is 0 Å². The van der Waals surface area contributed by atoms with E-state index in [1.165, 1.54) is 4.31 Å². The normalized spacial score (nSPS) is 14.5. The number of nitrogens with one attached hydrogen (secondary N) is 1. The van der Waals surface area contributed by atoms with Crippen LogP contribution in [0.25, 0.3) is 10.8 Å². The van der Waals surface area contributed by atoms with Crippen LogP contribution in [0, 0.1) is 0 Å². The molecule has 158 valence electrons. The molecule has 1 aliphatic rings. The fourth-order valence-corrected chi connectivity index (χ4v) is 6.83. The highest BCUT2D eigenvalue weighted by atomic mass is 32.2. The van der Waals surface area contributed by atoms with Gasteiger partial charge in [-0.05, 0) is 54.5 Å². The maximum Gasteiger partial charge on any atom is 0.262 e. The standard InChI is InChI=1S/C22H24N2O4S2/c1-2-15-29(25,26)24-14-6-9-18-16-19(12-13-21(18)24)23-30(27,28)22-11-5-8-17-7-3-4-10-20(17)22/h3-5,7-8,10-13,16,23H,2,6,9,14-15H2,1H3. The Morgan fingerprint density at radius 1 is 0.967 bits per heavy atom. The first-order valence-electron chi connectivity index (χ1n) is 9.96. The lowest BCUT2D eigenvalue weighted by molar-refractivity contribution is 0.585. The van der Waals surface area contributed by atoms with Crippen molar-refractivity contribution in [3.63, 3.8) is 0 Å². The predicted octanol–water partition coefficient (Wildman–Crippen LogP) is 4.13. The number of anilines is 2. The molecular formula is C22H24N2O4S2. The van der Waals surface area contributed by atoms with Gasteiger partial charge in [0, 0.05) is 17.6 Å². The first-order chi connectivity index (χ1) is 14.3. The van der Waals surface area contributed by atoms with E-state index < -0.39 is 20.0 Å². The summed E-state index contributed by atoms with van der Waals surface area (Å²) in [6, 6.07) is 17.6. The second-order valence-corrected chi connectivity index (χ2v) is 11.1. The topological polar surface area (TPSA) is 83.6 Å². The average molecular weight is 445 g/mol. The zero-order valence-electron chi connectivity index (χ0n) is 16.7. The first-order valence-corrected chi connectivity index (χ1v) is 13.0. The molecule has 0 radical (unpaired) electrons. The Bertz CT molecular complexity index is 1300. The van der Waals surface area contributed by atoms with Crippen LogP contribution >= 0.6 is 0 Å². The second-order valence-electron chi connectivity index (χ2n) is 7.42. The van der Waals surface area contributed by atoms with Gasteiger partial charge in [0.2, 0.25) is 10.0 Å². The summed E-state index contributed by atoms with van der Waals surface area (Å²) < 4.78 is 55.4. The largest absolute Gasteiger partial charge is 0.280 e. The molecule has 0 amide bonds. The van der Waals surface area contributed by atoms with E-state index in [1.54, 1.807) is 36.4 Å². The molecule has 1 heterocycles. The highest BCUT2D eigenvalue weighted by Crippen LogP contribution is 2.33. The highest BCUT2D eigenvalue weighted by molar-refractivity contribution is 7.93. The number of aryl methyl sites for hydroxylation is 1. The minimum absolute atomic E-state index is 0.0991. The lowest BCUT2D eigenvalue weighted by Gasteiger charge is -2.30. The first kappa shape index (κ1) is 20.7. The van der Waals surface area contributed by atoms with Crippen molar-refractivity contribution in [3.05, 3.63) is 66.2 Å². The maximum atomic E-state index is 13.1. The van der Waals surface area contributed by atoms with Gasteiger partial charge in [0.05, 0.1) is 16.3 Å². The molecule has 0 saturated carbocycles. The van der Waals surface area contributed by atoms with Gasteiger partial charge in [-0.1, -0.05) is 43.3 Å². The zero-order chi connectivity index (χ0) is 21.4. The van der Waals surface area contributed by atoms with Crippen LogP contribution in [0.5, 0.6) is 0 Å². The molecule has 0 unspecified atom stereocenters. The van der Waals surface area contributed by atoms with Gasteiger partial charge in [-0.3, -0.25) is 9.03 Å². The minimum Gasteiger partial charge on any atom is -0.280 e. The van der Waals surface area contributed by atoms with Crippen LogP contribution in [0.3, 0.4) is 0 Å². The van der Waals surface area contributed by atoms with E-state index in [4.69, 9.17) is 0 Å². The number of fused-ring (bicyclic) bond motifs is 2. The lowest BCUT2D eigenvalue weighted by Crippen LogP contribution is -2.37. The summed E-state index contributed by atoms with van der Waals surface area (Å²) in [6.45, 7) is 2.30. The summed E-state index contributed by atoms with van der Waals surface area (Å²) in [5.74, 6) is 0.0991. The van der Waals surface area contributed by atoms with Crippen LogP contribution < -0.4 is 9.03 Å². The molecule has 1 aliphatic heterocycles. The number of nitrogens with zero attached hydrogens (tertiary/aromatic N) is 1. The highest BCUT2D eigenvalue weighted by Gasteiger charge is 2.27. The van der Waals surface area contributed by atoms with Crippen LogP contribution in [-0.2, 0) is 26.5 Å². The Labute approximate surface area is 177 Å². The number of rotatable bonds is 6. The van der Waals surface area contributed by atoms with Crippen LogP contribution in [0.2, 0.25) is 0 Å². The second kappa shape index (κ2) is 7.92. The summed E-state index contributed by atoms with van der Waals surface area (Å²) in [4.78, 5) is 0.213. The molecule has 4 rings (SSSR count). The number of hydrogen-bond donors (Lipinski definition) is 1. The third-order valence-electron chi connectivity index (χ3n) is 5.24. The van der Waals surface area contributed by atoms with Crippen molar-refractivity contribution in [2.75, 3.05) is 21.3 Å². The van der Waals surface area contributed by atoms with Crippen LogP contribution in [0.1, 0.15) is 25.3 Å². The summed E-state index contributed by atoms with van der Waals surface area (Å²) in [7, 11) is -7.17. The van der Waals surface area contributed by atoms with Crippen LogP contribution in [0.4, 0.5) is 11.4 Å². The van der Waals surface area contributed by atoms with Gasteiger partial charge in [0.1, 0.15) is 0 Å². The fourth-order valence-electron chi connectivity index (χ4n) is 3.92. The van der Waals surface area contributed by atoms with Gasteiger partial charge >= 0.3 is 0 Å². The molecule has 30 heavy (non-hydrogen) atoms. The predicted molar refractivity (Wildman–Crippen MR) is 121 cm³/mol. The van der Waals surface area contributed by atoms with E-state index in [9.17, 15) is 16.8 Å². The summed E-state index contributed by atoms with van der Waals surface area (Å²) in [6.07, 6.45) is 1.96. The average Bonchev–Trinajstić information content (AvgIpc) is 2.72. The molecule has 0 saturated heterocycles. The van der Waals surface area contributed by atoms with Gasteiger partial charge in [-0.2, -0.15) is 0 Å². The molecule has 0 fully saturated rings. The lowest BCUT2D eigenvalue weighted by atomic mass is 10.0. The molecule has 3 aromatic carbocycles. The molecule has 3 aromatic rings. The van der Waals surface area contributed by atoms with E-state index in [2.05, 4.69) is 4.72 Å². The van der Waals surface area contributed by atoms with Crippen molar-refractivity contribution in [3.8, 4) is 0 Å². The van der Waals surface area contributed by atoms with Gasteiger partial charge in [0.25, 0.3) is 10.0 Å². The number of hydrogen-bond acceptors (Lipinski definition) is 4.